The van der Waals surface area contributed by atoms with Crippen LogP contribution in [0, 0.1) is 20.8 Å². The van der Waals surface area contributed by atoms with Crippen molar-refractivity contribution in [3.8, 4) is 0 Å². The van der Waals surface area contributed by atoms with E-state index in [-0.39, 0.29) is 17.6 Å². The molecule has 3 aromatic rings. The molecule has 0 bridgehead atoms. The molecule has 0 fully saturated rings. The number of carbonyl (C=O) groups is 2. The molecule has 0 radical (unpaired) electrons. The molecular weight excluding hydrogens is 360 g/mol. The number of hydrogen-bond acceptors (Lipinski definition) is 3. The molecule has 0 aliphatic carbocycles. The van der Waals surface area contributed by atoms with Crippen LogP contribution in [0.1, 0.15) is 68.7 Å². The summed E-state index contributed by atoms with van der Waals surface area (Å²) in [5.74, 6) is -0.0797. The molecule has 29 heavy (non-hydrogen) atoms. The number of benzene rings is 2. The molecule has 0 amide bonds. The third-order valence-electron chi connectivity index (χ3n) is 5.39. The van der Waals surface area contributed by atoms with Crippen molar-refractivity contribution in [2.24, 2.45) is 0 Å². The van der Waals surface area contributed by atoms with Crippen LogP contribution in [0.25, 0.3) is 0 Å². The number of hydrogen-bond donors (Lipinski definition) is 2. The Morgan fingerprint density at radius 3 is 2.03 bits per heavy atom. The van der Waals surface area contributed by atoms with Crippen molar-refractivity contribution in [3.05, 3.63) is 93.8 Å². The molecule has 0 saturated carbocycles. The van der Waals surface area contributed by atoms with E-state index < -0.39 is 6.04 Å². The number of aromatic nitrogens is 1. The van der Waals surface area contributed by atoms with Gasteiger partial charge >= 0.3 is 0 Å². The van der Waals surface area contributed by atoms with Gasteiger partial charge in [-0.25, -0.2) is 0 Å². The lowest BCUT2D eigenvalue weighted by molar-refractivity contribution is 0.0941. The van der Waals surface area contributed by atoms with Gasteiger partial charge in [-0.1, -0.05) is 60.2 Å². The zero-order valence-corrected chi connectivity index (χ0v) is 17.7. The molecule has 2 N–H and O–H groups in total. The third-order valence-corrected chi connectivity index (χ3v) is 5.39. The second-order valence-electron chi connectivity index (χ2n) is 7.69. The topological polar surface area (TPSA) is 62.0 Å². The Bertz CT molecular complexity index is 1020. The Balaban J connectivity index is 1.92. The molecular formula is C25H28N2O2. The minimum atomic E-state index is -0.432. The van der Waals surface area contributed by atoms with Gasteiger partial charge in [0.2, 0.25) is 0 Å². The van der Waals surface area contributed by atoms with Crippen LogP contribution in [-0.2, 0) is 0 Å². The SMILES string of the molecule is CC(=O)c1c(C)[nH]c(C(=O)[C@@H](C)N[C@H](c2ccccc2)c2ccc(C)cc2)c1C. The highest BCUT2D eigenvalue weighted by atomic mass is 16.1. The van der Waals surface area contributed by atoms with Gasteiger partial charge in [-0.15, -0.1) is 0 Å². The van der Waals surface area contributed by atoms with Gasteiger partial charge in [0.05, 0.1) is 17.8 Å². The van der Waals surface area contributed by atoms with Gasteiger partial charge in [0.25, 0.3) is 0 Å². The number of Topliss-reactive ketones (excluding diaryl/α,β-unsaturated/α-hetero) is 2. The van der Waals surface area contributed by atoms with Crippen molar-refractivity contribution in [2.75, 3.05) is 0 Å². The van der Waals surface area contributed by atoms with Gasteiger partial charge in [0, 0.05) is 11.3 Å². The van der Waals surface area contributed by atoms with Crippen LogP contribution >= 0.6 is 0 Å². The highest BCUT2D eigenvalue weighted by Gasteiger charge is 2.26. The number of rotatable bonds is 7. The van der Waals surface area contributed by atoms with Crippen molar-refractivity contribution >= 4 is 11.6 Å². The number of H-pyrrole nitrogens is 1. The van der Waals surface area contributed by atoms with Gasteiger partial charge in [-0.2, -0.15) is 0 Å². The van der Waals surface area contributed by atoms with E-state index in [4.69, 9.17) is 0 Å². The lowest BCUT2D eigenvalue weighted by Crippen LogP contribution is -2.37. The summed E-state index contributed by atoms with van der Waals surface area (Å²) in [6.45, 7) is 9.12. The molecule has 0 unspecified atom stereocenters. The molecule has 1 aromatic heterocycles. The first kappa shape index (κ1) is 20.7. The second-order valence-corrected chi connectivity index (χ2v) is 7.69. The number of aromatic amines is 1. The number of nitrogens with one attached hydrogen (secondary N) is 2. The molecule has 1 heterocycles. The van der Waals surface area contributed by atoms with E-state index in [0.29, 0.717) is 11.3 Å². The van der Waals surface area contributed by atoms with Crippen LogP contribution in [0.5, 0.6) is 0 Å². The van der Waals surface area contributed by atoms with E-state index in [2.05, 4.69) is 53.6 Å². The summed E-state index contributed by atoms with van der Waals surface area (Å²) in [6.07, 6.45) is 0. The predicted molar refractivity (Wildman–Crippen MR) is 117 cm³/mol. The summed E-state index contributed by atoms with van der Waals surface area (Å²) >= 11 is 0. The average Bonchev–Trinajstić information content (AvgIpc) is 3.01. The maximum absolute atomic E-state index is 13.2. The van der Waals surface area contributed by atoms with Crippen molar-refractivity contribution in [2.45, 2.75) is 46.7 Å². The van der Waals surface area contributed by atoms with E-state index in [1.165, 1.54) is 12.5 Å². The monoisotopic (exact) mass is 388 g/mol. The standard InChI is InChI=1S/C25H28N2O2/c1-15-11-13-21(14-12-15)24(20-9-7-6-8-10-20)27-18(4)25(29)23-16(2)22(19(5)28)17(3)26-23/h6-14,18,24,26-27H,1-5H3/t18-,24-/m1/s1. The van der Waals surface area contributed by atoms with E-state index in [0.717, 1.165) is 22.4 Å². The fourth-order valence-corrected chi connectivity index (χ4v) is 3.86. The third kappa shape index (κ3) is 4.38. The average molecular weight is 389 g/mol. The zero-order chi connectivity index (χ0) is 21.1. The Hall–Kier alpha value is -2.98. The molecule has 2 atom stereocenters. The van der Waals surface area contributed by atoms with Gasteiger partial charge in [0.1, 0.15) is 0 Å². The Kier molecular flexibility index (Phi) is 6.14. The molecule has 0 aliphatic rings. The predicted octanol–water partition coefficient (Wildman–Crippen LogP) is 5.09. The van der Waals surface area contributed by atoms with E-state index in [1.54, 1.807) is 0 Å². The minimum absolute atomic E-state index is 0.0299. The number of carbonyl (C=O) groups excluding carboxylic acids is 2. The normalized spacial score (nSPS) is 13.1. The summed E-state index contributed by atoms with van der Waals surface area (Å²) in [6, 6.07) is 17.9. The van der Waals surface area contributed by atoms with Gasteiger partial charge in [-0.3, -0.25) is 14.9 Å². The summed E-state index contributed by atoms with van der Waals surface area (Å²) in [4.78, 5) is 28.2. The highest BCUT2D eigenvalue weighted by Crippen LogP contribution is 2.25. The lowest BCUT2D eigenvalue weighted by atomic mass is 9.96. The second kappa shape index (κ2) is 8.58. The fraction of sp³-hybridized carbons (Fsp3) is 0.280. The van der Waals surface area contributed by atoms with Gasteiger partial charge in [-0.05, 0) is 51.3 Å². The summed E-state index contributed by atoms with van der Waals surface area (Å²) in [5.41, 5.74) is 5.97. The van der Waals surface area contributed by atoms with Crippen molar-refractivity contribution in [1.82, 2.24) is 10.3 Å². The lowest BCUT2D eigenvalue weighted by Gasteiger charge is -2.24. The van der Waals surface area contributed by atoms with E-state index in [1.807, 2.05) is 39.0 Å². The van der Waals surface area contributed by atoms with Crippen LogP contribution in [0.2, 0.25) is 0 Å². The van der Waals surface area contributed by atoms with Crippen molar-refractivity contribution in [3.63, 3.8) is 0 Å². The maximum atomic E-state index is 13.2. The summed E-state index contributed by atoms with van der Waals surface area (Å²) < 4.78 is 0. The molecule has 4 nitrogen and oxygen atoms in total. The summed E-state index contributed by atoms with van der Waals surface area (Å²) in [5, 5.41) is 3.50. The minimum Gasteiger partial charge on any atom is -0.355 e. The van der Waals surface area contributed by atoms with Crippen LogP contribution in [0.15, 0.2) is 54.6 Å². The maximum Gasteiger partial charge on any atom is 0.195 e. The quantitative estimate of drug-likeness (QED) is 0.554. The Morgan fingerprint density at radius 2 is 1.48 bits per heavy atom. The molecule has 150 valence electrons. The van der Waals surface area contributed by atoms with Gasteiger partial charge < -0.3 is 4.98 Å². The van der Waals surface area contributed by atoms with Crippen molar-refractivity contribution < 1.29 is 9.59 Å². The highest BCUT2D eigenvalue weighted by molar-refractivity contribution is 6.05. The van der Waals surface area contributed by atoms with E-state index in [9.17, 15) is 9.59 Å². The smallest absolute Gasteiger partial charge is 0.195 e. The van der Waals surface area contributed by atoms with E-state index >= 15 is 0 Å². The molecule has 3 rings (SSSR count). The number of aryl methyl sites for hydroxylation is 2. The fourth-order valence-electron chi connectivity index (χ4n) is 3.86. The van der Waals surface area contributed by atoms with Crippen LogP contribution < -0.4 is 5.32 Å². The Labute approximate surface area is 172 Å². The molecule has 0 aliphatic heterocycles. The first-order chi connectivity index (χ1) is 13.8. The van der Waals surface area contributed by atoms with Gasteiger partial charge in [0.15, 0.2) is 11.6 Å². The zero-order valence-electron chi connectivity index (χ0n) is 17.7. The first-order valence-electron chi connectivity index (χ1n) is 9.91. The molecule has 0 saturated heterocycles. The molecule has 0 spiro atoms. The van der Waals surface area contributed by atoms with Crippen LogP contribution in [-0.4, -0.2) is 22.6 Å². The van der Waals surface area contributed by atoms with Crippen molar-refractivity contribution in [1.29, 1.82) is 0 Å². The summed E-state index contributed by atoms with van der Waals surface area (Å²) in [7, 11) is 0. The number of ketones is 2. The largest absolute Gasteiger partial charge is 0.355 e. The molecule has 4 heteroatoms. The first-order valence-corrected chi connectivity index (χ1v) is 9.91. The molecule has 2 aromatic carbocycles. The van der Waals surface area contributed by atoms with Crippen LogP contribution in [0.4, 0.5) is 0 Å². The van der Waals surface area contributed by atoms with Crippen LogP contribution in [0.3, 0.4) is 0 Å². The Morgan fingerprint density at radius 1 is 0.897 bits per heavy atom.